The van der Waals surface area contributed by atoms with Gasteiger partial charge in [0.25, 0.3) is 0 Å². The zero-order chi connectivity index (χ0) is 14.1. The van der Waals surface area contributed by atoms with Crippen LogP contribution in [0.25, 0.3) is 0 Å². The zero-order valence-electron chi connectivity index (χ0n) is 9.95. The van der Waals surface area contributed by atoms with Crippen LogP contribution in [0.5, 0.6) is 0 Å². The van der Waals surface area contributed by atoms with Gasteiger partial charge in [-0.15, -0.1) is 10.2 Å². The Morgan fingerprint density at radius 2 is 1.89 bits per heavy atom. The van der Waals surface area contributed by atoms with Crippen LogP contribution in [0, 0.1) is 0 Å². The molecule has 0 amide bonds. The Hall–Kier alpha value is -1.38. The van der Waals surface area contributed by atoms with Crippen LogP contribution in [-0.2, 0) is 11.0 Å². The van der Waals surface area contributed by atoms with E-state index in [2.05, 4.69) is 10.2 Å². The number of aliphatic carboxylic acids is 1. The fraction of sp³-hybridized carbons (Fsp3) is 0.667. The smallest absolute Gasteiger partial charge is 0.445 e. The van der Waals surface area contributed by atoms with Crippen molar-refractivity contribution in [3.05, 3.63) is 5.01 Å². The lowest BCUT2D eigenvalue weighted by Gasteiger charge is -2.33. The molecule has 1 heterocycles. The highest BCUT2D eigenvalue weighted by Gasteiger charge is 2.37. The van der Waals surface area contributed by atoms with Crippen molar-refractivity contribution in [1.29, 1.82) is 0 Å². The van der Waals surface area contributed by atoms with Gasteiger partial charge in [0.05, 0.1) is 0 Å². The van der Waals surface area contributed by atoms with Crippen LogP contribution in [-0.4, -0.2) is 33.4 Å². The first-order chi connectivity index (χ1) is 8.01. The molecule has 1 N–H and O–H groups in total. The second kappa shape index (κ2) is 4.71. The van der Waals surface area contributed by atoms with Crippen LogP contribution in [0.1, 0.15) is 25.8 Å². The number of halogens is 3. The number of alkyl halides is 3. The third-order valence-electron chi connectivity index (χ3n) is 1.99. The van der Waals surface area contributed by atoms with Gasteiger partial charge in [-0.2, -0.15) is 13.2 Å². The molecule has 1 rings (SSSR count). The van der Waals surface area contributed by atoms with E-state index in [0.717, 1.165) is 0 Å². The molecule has 0 aliphatic carbocycles. The molecule has 0 spiro atoms. The van der Waals surface area contributed by atoms with Gasteiger partial charge in [0.1, 0.15) is 6.54 Å². The van der Waals surface area contributed by atoms with Gasteiger partial charge in [-0.1, -0.05) is 11.3 Å². The van der Waals surface area contributed by atoms with Crippen molar-refractivity contribution in [2.24, 2.45) is 0 Å². The number of rotatable bonds is 3. The lowest BCUT2D eigenvalue weighted by atomic mass is 10.1. The molecule has 1 aromatic heterocycles. The van der Waals surface area contributed by atoms with Gasteiger partial charge in [-0.3, -0.25) is 4.79 Å². The standard InChI is InChI=1S/C9H12F3N3O2S/c1-8(2,3)15(4-5(16)17)7-14-13-6(18-7)9(10,11)12/h4H2,1-3H3,(H,16,17). The van der Waals surface area contributed by atoms with Crippen LogP contribution < -0.4 is 4.90 Å². The molecule has 0 aliphatic rings. The maximum Gasteiger partial charge on any atom is 0.445 e. The molecule has 0 radical (unpaired) electrons. The van der Waals surface area contributed by atoms with E-state index in [-0.39, 0.29) is 5.13 Å². The molecule has 1 aromatic rings. The van der Waals surface area contributed by atoms with Gasteiger partial charge >= 0.3 is 12.1 Å². The molecule has 18 heavy (non-hydrogen) atoms. The van der Waals surface area contributed by atoms with E-state index in [1.807, 2.05) is 0 Å². The minimum absolute atomic E-state index is 0.0581. The number of hydrogen-bond acceptors (Lipinski definition) is 5. The largest absolute Gasteiger partial charge is 0.480 e. The summed E-state index contributed by atoms with van der Waals surface area (Å²) in [6.45, 7) is 4.62. The van der Waals surface area contributed by atoms with Gasteiger partial charge in [0.15, 0.2) is 0 Å². The van der Waals surface area contributed by atoms with E-state index in [0.29, 0.717) is 11.3 Å². The summed E-state index contributed by atoms with van der Waals surface area (Å²) in [6, 6.07) is 0. The average molecular weight is 283 g/mol. The van der Waals surface area contributed by atoms with Gasteiger partial charge in [0.2, 0.25) is 10.1 Å². The second-order valence-electron chi connectivity index (χ2n) is 4.54. The molecule has 9 heteroatoms. The van der Waals surface area contributed by atoms with E-state index in [1.54, 1.807) is 20.8 Å². The second-order valence-corrected chi connectivity index (χ2v) is 5.49. The molecule has 0 saturated heterocycles. The topological polar surface area (TPSA) is 66.3 Å². The molecule has 0 atom stereocenters. The number of carbonyl (C=O) groups is 1. The van der Waals surface area contributed by atoms with Crippen molar-refractivity contribution in [2.75, 3.05) is 11.4 Å². The lowest BCUT2D eigenvalue weighted by Crippen LogP contribution is -2.44. The summed E-state index contributed by atoms with van der Waals surface area (Å²) in [5.41, 5.74) is -0.666. The van der Waals surface area contributed by atoms with Gasteiger partial charge < -0.3 is 10.0 Å². The number of aromatic nitrogens is 2. The van der Waals surface area contributed by atoms with Crippen molar-refractivity contribution in [3.8, 4) is 0 Å². The third kappa shape index (κ3) is 3.56. The summed E-state index contributed by atoms with van der Waals surface area (Å²) in [7, 11) is 0. The predicted molar refractivity (Wildman–Crippen MR) is 59.6 cm³/mol. The van der Waals surface area contributed by atoms with Gasteiger partial charge in [-0.05, 0) is 20.8 Å². The quantitative estimate of drug-likeness (QED) is 0.921. The number of anilines is 1. The Labute approximate surface area is 105 Å². The molecule has 5 nitrogen and oxygen atoms in total. The summed E-state index contributed by atoms with van der Waals surface area (Å²) in [5, 5.41) is 14.1. The molecular formula is C9H12F3N3O2S. The van der Waals surface area contributed by atoms with Gasteiger partial charge in [-0.25, -0.2) is 0 Å². The van der Waals surface area contributed by atoms with Crippen LogP contribution in [0.15, 0.2) is 0 Å². The summed E-state index contributed by atoms with van der Waals surface area (Å²) in [4.78, 5) is 12.0. The van der Waals surface area contributed by atoms with E-state index in [4.69, 9.17) is 5.11 Å². The van der Waals surface area contributed by atoms with Crippen molar-refractivity contribution in [3.63, 3.8) is 0 Å². The Bertz CT molecular complexity index is 439. The maximum atomic E-state index is 12.4. The molecular weight excluding hydrogens is 271 g/mol. The number of hydrogen-bond donors (Lipinski definition) is 1. The summed E-state index contributed by atoms with van der Waals surface area (Å²) in [6.07, 6.45) is -4.57. The Morgan fingerprint density at radius 1 is 1.33 bits per heavy atom. The molecule has 102 valence electrons. The Morgan fingerprint density at radius 3 is 2.22 bits per heavy atom. The fourth-order valence-corrected chi connectivity index (χ4v) is 2.07. The highest BCUT2D eigenvalue weighted by molar-refractivity contribution is 7.15. The first-order valence-electron chi connectivity index (χ1n) is 4.92. The summed E-state index contributed by atoms with van der Waals surface area (Å²) >= 11 is 0.332. The van der Waals surface area contributed by atoms with Crippen LogP contribution in [0.3, 0.4) is 0 Å². The van der Waals surface area contributed by atoms with E-state index < -0.39 is 29.2 Å². The summed E-state index contributed by atoms with van der Waals surface area (Å²) in [5.74, 6) is -1.14. The molecule has 0 saturated carbocycles. The Kier molecular flexibility index (Phi) is 3.84. The van der Waals surface area contributed by atoms with Crippen molar-refractivity contribution < 1.29 is 23.1 Å². The predicted octanol–water partition coefficient (Wildman–Crippen LogP) is 2.25. The molecule has 0 aromatic carbocycles. The first kappa shape index (κ1) is 14.7. The van der Waals surface area contributed by atoms with Gasteiger partial charge in [0, 0.05) is 5.54 Å². The SMILES string of the molecule is CC(C)(C)N(CC(=O)O)c1nnc(C(F)(F)F)s1. The minimum Gasteiger partial charge on any atom is -0.480 e. The fourth-order valence-electron chi connectivity index (χ4n) is 1.17. The monoisotopic (exact) mass is 283 g/mol. The van der Waals surface area contributed by atoms with E-state index >= 15 is 0 Å². The van der Waals surface area contributed by atoms with Crippen LogP contribution >= 0.6 is 11.3 Å². The maximum absolute atomic E-state index is 12.4. The molecule has 0 fully saturated rings. The van der Waals surface area contributed by atoms with E-state index in [1.165, 1.54) is 4.90 Å². The highest BCUT2D eigenvalue weighted by Crippen LogP contribution is 2.35. The number of carboxylic acids is 1. The normalized spacial score (nSPS) is 12.6. The molecule has 0 aliphatic heterocycles. The molecule has 0 unspecified atom stereocenters. The number of carboxylic acid groups (broad SMARTS) is 1. The van der Waals surface area contributed by atoms with Crippen molar-refractivity contribution in [2.45, 2.75) is 32.5 Å². The van der Waals surface area contributed by atoms with Crippen molar-refractivity contribution in [1.82, 2.24) is 10.2 Å². The molecule has 0 bridgehead atoms. The zero-order valence-corrected chi connectivity index (χ0v) is 10.8. The number of nitrogens with zero attached hydrogens (tertiary/aromatic N) is 3. The first-order valence-corrected chi connectivity index (χ1v) is 5.73. The average Bonchev–Trinajstić information content (AvgIpc) is 2.59. The van der Waals surface area contributed by atoms with Crippen LogP contribution in [0.2, 0.25) is 0 Å². The minimum atomic E-state index is -4.57. The van der Waals surface area contributed by atoms with Crippen molar-refractivity contribution >= 4 is 22.4 Å². The summed E-state index contributed by atoms with van der Waals surface area (Å²) < 4.78 is 37.2. The lowest BCUT2D eigenvalue weighted by molar-refractivity contribution is -0.138. The highest BCUT2D eigenvalue weighted by atomic mass is 32.1. The van der Waals surface area contributed by atoms with Crippen LogP contribution in [0.4, 0.5) is 18.3 Å². The van der Waals surface area contributed by atoms with E-state index in [9.17, 15) is 18.0 Å². The third-order valence-corrected chi connectivity index (χ3v) is 2.98. The Balaban J connectivity index is 3.07.